The molecule has 1 saturated heterocycles. The quantitative estimate of drug-likeness (QED) is 0.918. The monoisotopic (exact) mass is 310 g/mol. The average Bonchev–Trinajstić information content (AvgIpc) is 2.66. The minimum Gasteiger partial charge on any atom is -0.317 e. The zero-order valence-electron chi connectivity index (χ0n) is 11.3. The van der Waals surface area contributed by atoms with Gasteiger partial charge >= 0.3 is 0 Å². The van der Waals surface area contributed by atoms with Crippen molar-refractivity contribution in [1.29, 1.82) is 0 Å². The molecular weight excluding hydrogens is 288 g/mol. The highest BCUT2D eigenvalue weighted by Gasteiger charge is 2.21. The van der Waals surface area contributed by atoms with Crippen LogP contribution in [0.5, 0.6) is 0 Å². The van der Waals surface area contributed by atoms with Gasteiger partial charge in [-0.2, -0.15) is 0 Å². The molecule has 0 bridgehead atoms. The van der Waals surface area contributed by atoms with Crippen LogP contribution in [0.2, 0.25) is 0 Å². The first-order valence-electron chi connectivity index (χ1n) is 6.86. The van der Waals surface area contributed by atoms with Crippen LogP contribution in [0.3, 0.4) is 0 Å². The topological polar surface area (TPSA) is 15.3 Å². The van der Waals surface area contributed by atoms with Crippen molar-refractivity contribution < 1.29 is 0 Å². The van der Waals surface area contributed by atoms with Gasteiger partial charge in [-0.1, -0.05) is 28.1 Å². The molecule has 1 aromatic carbocycles. The fourth-order valence-electron chi connectivity index (χ4n) is 2.73. The summed E-state index contributed by atoms with van der Waals surface area (Å²) >= 11 is 3.56. The van der Waals surface area contributed by atoms with Crippen LogP contribution >= 0.6 is 15.9 Å². The van der Waals surface area contributed by atoms with E-state index in [4.69, 9.17) is 0 Å². The summed E-state index contributed by atoms with van der Waals surface area (Å²) in [5, 5.41) is 3.49. The van der Waals surface area contributed by atoms with Gasteiger partial charge in [0.05, 0.1) is 0 Å². The van der Waals surface area contributed by atoms with E-state index in [0.717, 1.165) is 6.54 Å². The summed E-state index contributed by atoms with van der Waals surface area (Å²) in [6.45, 7) is 4.63. The Morgan fingerprint density at radius 3 is 2.94 bits per heavy atom. The van der Waals surface area contributed by atoms with Crippen LogP contribution in [0.25, 0.3) is 0 Å². The Hall–Kier alpha value is -0.380. The molecule has 0 aliphatic carbocycles. The summed E-state index contributed by atoms with van der Waals surface area (Å²) in [5.74, 6) is 0. The van der Waals surface area contributed by atoms with Crippen LogP contribution in [0.15, 0.2) is 28.7 Å². The fraction of sp³-hybridized carbons (Fsp3) is 0.600. The molecule has 1 heterocycles. The van der Waals surface area contributed by atoms with Gasteiger partial charge in [-0.15, -0.1) is 0 Å². The maximum Gasteiger partial charge on any atom is 0.0320 e. The van der Waals surface area contributed by atoms with E-state index >= 15 is 0 Å². The third-order valence-electron chi connectivity index (χ3n) is 4.06. The lowest BCUT2D eigenvalue weighted by molar-refractivity contribution is 0.171. The molecule has 1 aromatic rings. The Balaban J connectivity index is 2.05. The average molecular weight is 311 g/mol. The van der Waals surface area contributed by atoms with Gasteiger partial charge in [-0.05, 0) is 64.0 Å². The van der Waals surface area contributed by atoms with Crippen molar-refractivity contribution in [1.82, 2.24) is 10.2 Å². The van der Waals surface area contributed by atoms with Gasteiger partial charge in [0.15, 0.2) is 0 Å². The van der Waals surface area contributed by atoms with E-state index in [1.54, 1.807) is 0 Å². The van der Waals surface area contributed by atoms with Gasteiger partial charge in [0.1, 0.15) is 0 Å². The van der Waals surface area contributed by atoms with E-state index in [2.05, 4.69) is 64.4 Å². The molecular formula is C15H23BrN2. The molecule has 18 heavy (non-hydrogen) atoms. The van der Waals surface area contributed by atoms with E-state index in [-0.39, 0.29) is 0 Å². The number of nitrogens with one attached hydrogen (secondary N) is 1. The normalized spacial score (nSPS) is 22.8. The third kappa shape index (κ3) is 3.56. The highest BCUT2D eigenvalue weighted by molar-refractivity contribution is 9.10. The first-order chi connectivity index (χ1) is 8.68. The number of nitrogens with zero attached hydrogens (tertiary/aromatic N) is 1. The second-order valence-electron chi connectivity index (χ2n) is 5.23. The first-order valence-corrected chi connectivity index (χ1v) is 7.66. The molecule has 0 amide bonds. The number of rotatable bonds is 3. The third-order valence-corrected chi connectivity index (χ3v) is 4.56. The Morgan fingerprint density at radius 2 is 2.17 bits per heavy atom. The summed E-state index contributed by atoms with van der Waals surface area (Å²) in [5.41, 5.74) is 1.39. The molecule has 3 heteroatoms. The molecule has 2 rings (SSSR count). The van der Waals surface area contributed by atoms with Gasteiger partial charge in [-0.3, -0.25) is 4.90 Å². The van der Waals surface area contributed by atoms with Crippen molar-refractivity contribution in [2.45, 2.75) is 38.3 Å². The van der Waals surface area contributed by atoms with Gasteiger partial charge in [0, 0.05) is 16.6 Å². The van der Waals surface area contributed by atoms with Crippen molar-refractivity contribution in [2.24, 2.45) is 0 Å². The second kappa shape index (κ2) is 6.69. The second-order valence-corrected chi connectivity index (χ2v) is 6.15. The molecule has 2 unspecified atom stereocenters. The molecule has 0 saturated carbocycles. The standard InChI is InChI=1S/C15H23BrN2/c1-12(13-5-3-6-14(16)11-13)18(2)15-7-4-9-17-10-8-15/h3,5-6,11-12,15,17H,4,7-10H2,1-2H3. The lowest BCUT2D eigenvalue weighted by atomic mass is 10.0. The zero-order chi connectivity index (χ0) is 13.0. The summed E-state index contributed by atoms with van der Waals surface area (Å²) in [4.78, 5) is 2.54. The molecule has 1 N–H and O–H groups in total. The minimum absolute atomic E-state index is 0.477. The summed E-state index contributed by atoms with van der Waals surface area (Å²) in [7, 11) is 2.27. The van der Waals surface area contributed by atoms with E-state index in [1.165, 1.54) is 35.8 Å². The summed E-state index contributed by atoms with van der Waals surface area (Å²) in [6, 6.07) is 9.85. The van der Waals surface area contributed by atoms with Gasteiger partial charge in [-0.25, -0.2) is 0 Å². The van der Waals surface area contributed by atoms with Crippen molar-refractivity contribution in [3.8, 4) is 0 Å². The van der Waals surface area contributed by atoms with Gasteiger partial charge in [0.2, 0.25) is 0 Å². The maximum absolute atomic E-state index is 3.56. The van der Waals surface area contributed by atoms with Crippen molar-refractivity contribution >= 4 is 15.9 Å². The number of halogens is 1. The summed E-state index contributed by atoms with van der Waals surface area (Å²) < 4.78 is 1.17. The molecule has 2 nitrogen and oxygen atoms in total. The van der Waals surface area contributed by atoms with Crippen LogP contribution < -0.4 is 5.32 Å². The zero-order valence-corrected chi connectivity index (χ0v) is 12.9. The Morgan fingerprint density at radius 1 is 1.33 bits per heavy atom. The van der Waals surface area contributed by atoms with E-state index < -0.39 is 0 Å². The molecule has 0 radical (unpaired) electrons. The summed E-state index contributed by atoms with van der Waals surface area (Å²) in [6.07, 6.45) is 3.86. The van der Waals surface area contributed by atoms with E-state index in [0.29, 0.717) is 12.1 Å². The lowest BCUT2D eigenvalue weighted by Gasteiger charge is -2.33. The van der Waals surface area contributed by atoms with Crippen molar-refractivity contribution in [3.05, 3.63) is 34.3 Å². The molecule has 2 atom stereocenters. The Labute approximate surface area is 119 Å². The number of benzene rings is 1. The minimum atomic E-state index is 0.477. The maximum atomic E-state index is 3.56. The van der Waals surface area contributed by atoms with E-state index in [1.807, 2.05) is 0 Å². The van der Waals surface area contributed by atoms with Crippen LogP contribution in [0.4, 0.5) is 0 Å². The van der Waals surface area contributed by atoms with Crippen LogP contribution in [0.1, 0.15) is 37.8 Å². The number of hydrogen-bond donors (Lipinski definition) is 1. The fourth-order valence-corrected chi connectivity index (χ4v) is 3.14. The smallest absolute Gasteiger partial charge is 0.0320 e. The molecule has 100 valence electrons. The Kier molecular flexibility index (Phi) is 5.22. The molecule has 0 spiro atoms. The predicted molar refractivity (Wildman–Crippen MR) is 80.8 cm³/mol. The largest absolute Gasteiger partial charge is 0.317 e. The molecule has 1 fully saturated rings. The van der Waals surface area contributed by atoms with Gasteiger partial charge in [0.25, 0.3) is 0 Å². The van der Waals surface area contributed by atoms with Crippen LogP contribution in [0, 0.1) is 0 Å². The van der Waals surface area contributed by atoms with E-state index in [9.17, 15) is 0 Å². The number of hydrogen-bond acceptors (Lipinski definition) is 2. The lowest BCUT2D eigenvalue weighted by Crippen LogP contribution is -2.34. The molecule has 1 aliphatic heterocycles. The van der Waals surface area contributed by atoms with Crippen LogP contribution in [-0.2, 0) is 0 Å². The SMILES string of the molecule is CC(c1cccc(Br)c1)N(C)C1CCCNCC1. The van der Waals surface area contributed by atoms with Gasteiger partial charge < -0.3 is 5.32 Å². The molecule has 1 aliphatic rings. The predicted octanol–water partition coefficient (Wildman–Crippen LogP) is 3.58. The van der Waals surface area contributed by atoms with Crippen molar-refractivity contribution in [3.63, 3.8) is 0 Å². The van der Waals surface area contributed by atoms with Crippen LogP contribution in [-0.4, -0.2) is 31.1 Å². The van der Waals surface area contributed by atoms with Crippen molar-refractivity contribution in [2.75, 3.05) is 20.1 Å². The molecule has 0 aromatic heterocycles. The first kappa shape index (κ1) is 14.0. The highest BCUT2D eigenvalue weighted by Crippen LogP contribution is 2.26. The highest BCUT2D eigenvalue weighted by atomic mass is 79.9. The Bertz CT molecular complexity index is 373.